The van der Waals surface area contributed by atoms with Crippen LogP contribution in [0.2, 0.25) is 0 Å². The van der Waals surface area contributed by atoms with Gasteiger partial charge in [0, 0.05) is 36.9 Å². The number of rotatable bonds is 3. The number of amides is 2. The number of anilines is 1. The molecule has 2 aromatic rings. The number of nitrogens with two attached hydrogens (primary N) is 1. The zero-order chi connectivity index (χ0) is 14.0. The predicted octanol–water partition coefficient (Wildman–Crippen LogP) is 0.568. The molecule has 0 atom stereocenters. The number of nitrogens with zero attached hydrogens (tertiary/aromatic N) is 1. The number of hydrogen-bond donors (Lipinski definition) is 3. The van der Waals surface area contributed by atoms with Crippen molar-refractivity contribution in [3.05, 3.63) is 30.0 Å². The standard InChI is InChI=1S/C13H16N4O2/c1-17(2)12(18)7-16-13(19)10-6-15-11-4-3-8(14)5-9(10)11/h3-6,15H,7,14H2,1-2H3,(H,16,19). The second kappa shape index (κ2) is 5.01. The molecule has 0 saturated heterocycles. The fourth-order valence-corrected chi connectivity index (χ4v) is 1.74. The molecule has 0 spiro atoms. The fourth-order valence-electron chi connectivity index (χ4n) is 1.74. The van der Waals surface area contributed by atoms with Crippen LogP contribution in [0.15, 0.2) is 24.4 Å². The Balaban J connectivity index is 2.18. The van der Waals surface area contributed by atoms with Crippen molar-refractivity contribution in [3.8, 4) is 0 Å². The molecule has 6 heteroatoms. The quantitative estimate of drug-likeness (QED) is 0.704. The average Bonchev–Trinajstić information content (AvgIpc) is 2.78. The van der Waals surface area contributed by atoms with Crippen LogP contribution in [0.1, 0.15) is 10.4 Å². The van der Waals surface area contributed by atoms with E-state index >= 15 is 0 Å². The third kappa shape index (κ3) is 2.67. The normalized spacial score (nSPS) is 10.4. The number of aromatic nitrogens is 1. The van der Waals surface area contributed by atoms with Crippen LogP contribution in [0.3, 0.4) is 0 Å². The number of fused-ring (bicyclic) bond motifs is 1. The van der Waals surface area contributed by atoms with Crippen LogP contribution in [0.25, 0.3) is 10.9 Å². The van der Waals surface area contributed by atoms with Gasteiger partial charge in [0.15, 0.2) is 0 Å². The summed E-state index contributed by atoms with van der Waals surface area (Å²) in [7, 11) is 3.28. The highest BCUT2D eigenvalue weighted by Gasteiger charge is 2.13. The summed E-state index contributed by atoms with van der Waals surface area (Å²) >= 11 is 0. The van der Waals surface area contributed by atoms with Crippen LogP contribution >= 0.6 is 0 Å². The summed E-state index contributed by atoms with van der Waals surface area (Å²) in [5.74, 6) is -0.459. The molecule has 4 N–H and O–H groups in total. The molecule has 1 aromatic carbocycles. The number of benzene rings is 1. The smallest absolute Gasteiger partial charge is 0.253 e. The van der Waals surface area contributed by atoms with Crippen molar-refractivity contribution in [3.63, 3.8) is 0 Å². The highest BCUT2D eigenvalue weighted by molar-refractivity contribution is 6.08. The number of carbonyl (C=O) groups excluding carboxylic acids is 2. The van der Waals surface area contributed by atoms with E-state index in [0.29, 0.717) is 11.3 Å². The van der Waals surface area contributed by atoms with Crippen molar-refractivity contribution in [2.75, 3.05) is 26.4 Å². The van der Waals surface area contributed by atoms with E-state index in [-0.39, 0.29) is 18.4 Å². The Kier molecular flexibility index (Phi) is 3.41. The molecule has 0 aliphatic heterocycles. The number of nitrogen functional groups attached to an aromatic ring is 1. The van der Waals surface area contributed by atoms with E-state index in [9.17, 15) is 9.59 Å². The Morgan fingerprint density at radius 2 is 2.11 bits per heavy atom. The molecule has 0 aliphatic rings. The molecule has 0 saturated carbocycles. The van der Waals surface area contributed by atoms with Crippen LogP contribution in [0, 0.1) is 0 Å². The Bertz CT molecular complexity index is 631. The van der Waals surface area contributed by atoms with Crippen LogP contribution in [-0.2, 0) is 4.79 Å². The first-order valence-corrected chi connectivity index (χ1v) is 5.84. The Morgan fingerprint density at radius 3 is 2.79 bits per heavy atom. The van der Waals surface area contributed by atoms with Gasteiger partial charge >= 0.3 is 0 Å². The monoisotopic (exact) mass is 260 g/mol. The van der Waals surface area contributed by atoms with Gasteiger partial charge in [-0.25, -0.2) is 0 Å². The molecule has 0 unspecified atom stereocenters. The zero-order valence-corrected chi connectivity index (χ0v) is 10.9. The molecular weight excluding hydrogens is 244 g/mol. The minimum Gasteiger partial charge on any atom is -0.399 e. The first kappa shape index (κ1) is 12.9. The lowest BCUT2D eigenvalue weighted by atomic mass is 10.1. The zero-order valence-electron chi connectivity index (χ0n) is 10.9. The lowest BCUT2D eigenvalue weighted by Crippen LogP contribution is -2.36. The van der Waals surface area contributed by atoms with Crippen molar-refractivity contribution in [2.24, 2.45) is 0 Å². The molecule has 6 nitrogen and oxygen atoms in total. The maximum Gasteiger partial charge on any atom is 0.253 e. The van der Waals surface area contributed by atoms with E-state index in [0.717, 1.165) is 10.9 Å². The van der Waals surface area contributed by atoms with Gasteiger partial charge < -0.3 is 20.9 Å². The number of nitrogens with one attached hydrogen (secondary N) is 2. The van der Waals surface area contributed by atoms with E-state index in [1.807, 2.05) is 6.07 Å². The van der Waals surface area contributed by atoms with E-state index in [1.54, 1.807) is 32.4 Å². The first-order chi connectivity index (χ1) is 8.99. The number of H-pyrrole nitrogens is 1. The number of carbonyl (C=O) groups is 2. The Morgan fingerprint density at radius 1 is 1.37 bits per heavy atom. The highest BCUT2D eigenvalue weighted by atomic mass is 16.2. The fraction of sp³-hybridized carbons (Fsp3) is 0.231. The van der Waals surface area contributed by atoms with Gasteiger partial charge in [-0.15, -0.1) is 0 Å². The van der Waals surface area contributed by atoms with Crippen molar-refractivity contribution < 1.29 is 9.59 Å². The first-order valence-electron chi connectivity index (χ1n) is 5.84. The molecule has 19 heavy (non-hydrogen) atoms. The molecule has 0 radical (unpaired) electrons. The molecule has 0 aliphatic carbocycles. The average molecular weight is 260 g/mol. The van der Waals surface area contributed by atoms with Gasteiger partial charge in [-0.05, 0) is 18.2 Å². The van der Waals surface area contributed by atoms with Gasteiger partial charge in [0.05, 0.1) is 12.1 Å². The number of aromatic amines is 1. The van der Waals surface area contributed by atoms with Crippen LogP contribution < -0.4 is 11.1 Å². The van der Waals surface area contributed by atoms with Gasteiger partial charge in [-0.1, -0.05) is 0 Å². The summed E-state index contributed by atoms with van der Waals surface area (Å²) in [5, 5.41) is 3.33. The summed E-state index contributed by atoms with van der Waals surface area (Å²) in [6.45, 7) is -0.0270. The van der Waals surface area contributed by atoms with E-state index in [1.165, 1.54) is 4.90 Å². The minimum absolute atomic E-state index is 0.0270. The molecule has 2 amide bonds. The maximum absolute atomic E-state index is 12.0. The third-order valence-corrected chi connectivity index (χ3v) is 2.85. The van der Waals surface area contributed by atoms with Crippen LogP contribution in [-0.4, -0.2) is 42.3 Å². The van der Waals surface area contributed by atoms with Gasteiger partial charge in [-0.3, -0.25) is 9.59 Å². The second-order valence-corrected chi connectivity index (χ2v) is 4.48. The van der Waals surface area contributed by atoms with E-state index in [4.69, 9.17) is 5.73 Å². The number of likely N-dealkylation sites (N-methyl/N-ethyl adjacent to an activating group) is 1. The molecule has 0 bridgehead atoms. The number of hydrogen-bond acceptors (Lipinski definition) is 3. The summed E-state index contributed by atoms with van der Waals surface area (Å²) < 4.78 is 0. The third-order valence-electron chi connectivity index (χ3n) is 2.85. The highest BCUT2D eigenvalue weighted by Crippen LogP contribution is 2.20. The molecule has 2 rings (SSSR count). The van der Waals surface area contributed by atoms with E-state index in [2.05, 4.69) is 10.3 Å². The van der Waals surface area contributed by atoms with Gasteiger partial charge in [0.1, 0.15) is 0 Å². The van der Waals surface area contributed by atoms with Crippen molar-refractivity contribution >= 4 is 28.4 Å². The van der Waals surface area contributed by atoms with Gasteiger partial charge in [0.25, 0.3) is 5.91 Å². The molecule has 1 aromatic heterocycles. The summed E-state index contributed by atoms with van der Waals surface area (Å²) in [4.78, 5) is 27.9. The summed E-state index contributed by atoms with van der Waals surface area (Å²) in [6.07, 6.45) is 1.61. The minimum atomic E-state index is -0.299. The maximum atomic E-state index is 12.0. The Labute approximate surface area is 110 Å². The topological polar surface area (TPSA) is 91.2 Å². The SMILES string of the molecule is CN(C)C(=O)CNC(=O)c1c[nH]c2ccc(N)cc12. The lowest BCUT2D eigenvalue weighted by molar-refractivity contribution is -0.127. The van der Waals surface area contributed by atoms with Gasteiger partial charge in [-0.2, -0.15) is 0 Å². The largest absolute Gasteiger partial charge is 0.399 e. The Hall–Kier alpha value is -2.50. The summed E-state index contributed by atoms with van der Waals surface area (Å²) in [6, 6.07) is 5.30. The van der Waals surface area contributed by atoms with Gasteiger partial charge in [0.2, 0.25) is 5.91 Å². The lowest BCUT2D eigenvalue weighted by Gasteiger charge is -2.10. The summed E-state index contributed by atoms with van der Waals surface area (Å²) in [5.41, 5.74) is 7.61. The molecule has 100 valence electrons. The van der Waals surface area contributed by atoms with Crippen molar-refractivity contribution in [2.45, 2.75) is 0 Å². The van der Waals surface area contributed by atoms with Crippen LogP contribution in [0.4, 0.5) is 5.69 Å². The van der Waals surface area contributed by atoms with E-state index < -0.39 is 0 Å². The second-order valence-electron chi connectivity index (χ2n) is 4.48. The molecule has 0 fully saturated rings. The van der Waals surface area contributed by atoms with Crippen LogP contribution in [0.5, 0.6) is 0 Å². The predicted molar refractivity (Wildman–Crippen MR) is 73.7 cm³/mol. The molecular formula is C13H16N4O2. The van der Waals surface area contributed by atoms with Crippen molar-refractivity contribution in [1.82, 2.24) is 15.2 Å². The molecule has 1 heterocycles. The van der Waals surface area contributed by atoms with Crippen molar-refractivity contribution in [1.29, 1.82) is 0 Å².